The van der Waals surface area contributed by atoms with E-state index < -0.39 is 6.10 Å². The van der Waals surface area contributed by atoms with Crippen LogP contribution in [0.2, 0.25) is 0 Å². The summed E-state index contributed by atoms with van der Waals surface area (Å²) in [6.07, 6.45) is 0.334. The molecule has 2 atom stereocenters. The molecule has 0 fully saturated rings. The Morgan fingerprint density at radius 2 is 1.74 bits per heavy atom. The summed E-state index contributed by atoms with van der Waals surface area (Å²) >= 11 is 0. The Labute approximate surface area is 206 Å². The number of hydrogen-bond donors (Lipinski definition) is 5. The Kier molecular flexibility index (Phi) is 9.66. The van der Waals surface area contributed by atoms with Crippen LogP contribution in [0.5, 0.6) is 11.5 Å². The number of amides is 1. The van der Waals surface area contributed by atoms with E-state index in [9.17, 15) is 20.1 Å². The van der Waals surface area contributed by atoms with Crippen LogP contribution >= 0.6 is 0 Å². The smallest absolute Gasteiger partial charge is 0.224 e. The molecule has 0 radical (unpaired) electrons. The van der Waals surface area contributed by atoms with Gasteiger partial charge in [-0.2, -0.15) is 0 Å². The average molecular weight is 479 g/mol. The highest BCUT2D eigenvalue weighted by atomic mass is 16.5. The van der Waals surface area contributed by atoms with Crippen LogP contribution in [-0.2, 0) is 30.8 Å². The van der Waals surface area contributed by atoms with E-state index in [0.717, 1.165) is 28.9 Å². The second kappa shape index (κ2) is 12.9. The van der Waals surface area contributed by atoms with Crippen LogP contribution in [0.25, 0.3) is 0 Å². The number of hydrogen-bond acceptors (Lipinski definition) is 6. The van der Waals surface area contributed by atoms with Gasteiger partial charge in [0.15, 0.2) is 0 Å². The number of nitrogens with one attached hydrogen (secondary N) is 2. The van der Waals surface area contributed by atoms with Gasteiger partial charge < -0.3 is 30.7 Å². The van der Waals surface area contributed by atoms with E-state index in [1.807, 2.05) is 55.5 Å². The Morgan fingerprint density at radius 3 is 2.46 bits per heavy atom. The second-order valence-electron chi connectivity index (χ2n) is 8.70. The number of ether oxygens (including phenoxy) is 1. The van der Waals surface area contributed by atoms with Crippen molar-refractivity contribution in [2.75, 3.05) is 13.7 Å². The van der Waals surface area contributed by atoms with Crippen molar-refractivity contribution in [3.63, 3.8) is 0 Å². The van der Waals surface area contributed by atoms with E-state index in [1.165, 1.54) is 6.07 Å². The van der Waals surface area contributed by atoms with Crippen molar-refractivity contribution >= 4 is 5.91 Å². The molecule has 0 heterocycles. The molecule has 0 spiro atoms. The predicted molar refractivity (Wildman–Crippen MR) is 135 cm³/mol. The molecule has 0 saturated heterocycles. The van der Waals surface area contributed by atoms with Crippen LogP contribution in [-0.4, -0.2) is 40.9 Å². The van der Waals surface area contributed by atoms with Gasteiger partial charge in [-0.25, -0.2) is 0 Å². The van der Waals surface area contributed by atoms with Gasteiger partial charge in [-0.3, -0.25) is 4.79 Å². The summed E-state index contributed by atoms with van der Waals surface area (Å²) in [5.41, 5.74) is 4.09. The van der Waals surface area contributed by atoms with Crippen molar-refractivity contribution in [2.45, 2.75) is 45.1 Å². The number of phenols is 1. The highest BCUT2D eigenvalue weighted by Crippen LogP contribution is 2.22. The first-order valence-electron chi connectivity index (χ1n) is 11.7. The van der Waals surface area contributed by atoms with E-state index in [4.69, 9.17) is 4.74 Å². The van der Waals surface area contributed by atoms with Crippen molar-refractivity contribution in [1.29, 1.82) is 0 Å². The van der Waals surface area contributed by atoms with Crippen molar-refractivity contribution in [2.24, 2.45) is 0 Å². The molecule has 0 aromatic heterocycles. The first-order valence-corrected chi connectivity index (χ1v) is 11.7. The topological polar surface area (TPSA) is 111 Å². The molecule has 3 rings (SSSR count). The molecular formula is C28H34N2O5. The van der Waals surface area contributed by atoms with Gasteiger partial charge in [0.2, 0.25) is 5.91 Å². The molecular weight excluding hydrogens is 444 g/mol. The van der Waals surface area contributed by atoms with Crippen molar-refractivity contribution in [3.05, 3.63) is 94.5 Å². The lowest BCUT2D eigenvalue weighted by molar-refractivity contribution is -0.120. The van der Waals surface area contributed by atoms with E-state index >= 15 is 0 Å². The molecule has 0 saturated carbocycles. The minimum Gasteiger partial charge on any atom is -0.508 e. The van der Waals surface area contributed by atoms with Crippen LogP contribution in [0, 0.1) is 0 Å². The summed E-state index contributed by atoms with van der Waals surface area (Å²) in [4.78, 5) is 12.3. The first-order chi connectivity index (χ1) is 16.9. The third-order valence-corrected chi connectivity index (χ3v) is 5.87. The number of aromatic hydroxyl groups is 1. The molecule has 0 aliphatic rings. The molecule has 0 aliphatic carbocycles. The minimum absolute atomic E-state index is 0.0163. The molecule has 7 nitrogen and oxygen atoms in total. The maximum atomic E-state index is 12.3. The van der Waals surface area contributed by atoms with E-state index in [1.54, 1.807) is 19.2 Å². The maximum absolute atomic E-state index is 12.3. The van der Waals surface area contributed by atoms with Crippen molar-refractivity contribution in [3.8, 4) is 11.5 Å². The van der Waals surface area contributed by atoms with Gasteiger partial charge in [-0.1, -0.05) is 42.5 Å². The largest absolute Gasteiger partial charge is 0.508 e. The van der Waals surface area contributed by atoms with E-state index in [-0.39, 0.29) is 24.3 Å². The number of aliphatic hydroxyl groups is 2. The molecule has 0 aliphatic heterocycles. The summed E-state index contributed by atoms with van der Waals surface area (Å²) in [5.74, 6) is 0.743. The molecule has 35 heavy (non-hydrogen) atoms. The molecule has 0 bridgehead atoms. The van der Waals surface area contributed by atoms with Gasteiger partial charge in [0.05, 0.1) is 26.2 Å². The zero-order valence-electron chi connectivity index (χ0n) is 20.2. The lowest BCUT2D eigenvalue weighted by atomic mass is 10.0. The minimum atomic E-state index is -0.749. The summed E-state index contributed by atoms with van der Waals surface area (Å²) in [7, 11) is 1.62. The van der Waals surface area contributed by atoms with E-state index in [2.05, 4.69) is 10.6 Å². The summed E-state index contributed by atoms with van der Waals surface area (Å²) in [6.45, 7) is 2.57. The van der Waals surface area contributed by atoms with Crippen molar-refractivity contribution < 1.29 is 24.9 Å². The van der Waals surface area contributed by atoms with Gasteiger partial charge in [-0.05, 0) is 59.9 Å². The fourth-order valence-corrected chi connectivity index (χ4v) is 3.82. The third-order valence-electron chi connectivity index (χ3n) is 5.87. The molecule has 3 aromatic rings. The second-order valence-corrected chi connectivity index (χ2v) is 8.70. The number of carbonyl (C=O) groups excluding carboxylic acids is 1. The lowest BCUT2D eigenvalue weighted by Crippen LogP contribution is -2.32. The van der Waals surface area contributed by atoms with Crippen LogP contribution in [0.15, 0.2) is 66.7 Å². The quantitative estimate of drug-likeness (QED) is 0.274. The van der Waals surface area contributed by atoms with Gasteiger partial charge >= 0.3 is 0 Å². The normalized spacial score (nSPS) is 12.7. The van der Waals surface area contributed by atoms with Crippen LogP contribution in [0.1, 0.15) is 40.8 Å². The summed E-state index contributed by atoms with van der Waals surface area (Å²) in [6, 6.07) is 20.5. The monoisotopic (exact) mass is 478 g/mol. The van der Waals surface area contributed by atoms with Crippen LogP contribution in [0.4, 0.5) is 0 Å². The molecule has 5 N–H and O–H groups in total. The summed E-state index contributed by atoms with van der Waals surface area (Å²) < 4.78 is 5.21. The maximum Gasteiger partial charge on any atom is 0.224 e. The lowest BCUT2D eigenvalue weighted by Gasteiger charge is -2.18. The standard InChI is InChI=1S/C28H34N2O5/c1-19(29-17-27(33)23-10-11-26(32)24(15-23)18-31)12-20-6-8-21(9-7-20)14-28(34)30-16-22-4-3-5-25(13-22)35-2/h3-11,13,15,19,27,29,31-33H,12,14,16-18H2,1-2H3,(H,30,34)/t19-,27-/m1/s1. The fourth-order valence-electron chi connectivity index (χ4n) is 3.82. The highest BCUT2D eigenvalue weighted by Gasteiger charge is 2.12. The zero-order valence-corrected chi connectivity index (χ0v) is 20.2. The zero-order chi connectivity index (χ0) is 25.2. The van der Waals surface area contributed by atoms with Gasteiger partial charge in [0, 0.05) is 24.7 Å². The Hall–Kier alpha value is -3.39. The van der Waals surface area contributed by atoms with Gasteiger partial charge in [-0.15, -0.1) is 0 Å². The Morgan fingerprint density at radius 1 is 1.00 bits per heavy atom. The molecule has 3 aromatic carbocycles. The number of methoxy groups -OCH3 is 1. The van der Waals surface area contributed by atoms with Gasteiger partial charge in [0.25, 0.3) is 0 Å². The van der Waals surface area contributed by atoms with E-state index in [0.29, 0.717) is 30.6 Å². The van der Waals surface area contributed by atoms with Crippen LogP contribution in [0.3, 0.4) is 0 Å². The molecule has 0 unspecified atom stereocenters. The number of benzene rings is 3. The number of aliphatic hydroxyl groups excluding tert-OH is 2. The third kappa shape index (κ3) is 8.10. The molecule has 1 amide bonds. The Balaban J connectivity index is 1.43. The van der Waals surface area contributed by atoms with Gasteiger partial charge in [0.1, 0.15) is 11.5 Å². The average Bonchev–Trinajstić information content (AvgIpc) is 2.87. The number of rotatable bonds is 12. The van der Waals surface area contributed by atoms with Crippen molar-refractivity contribution in [1.82, 2.24) is 10.6 Å². The first kappa shape index (κ1) is 26.2. The predicted octanol–water partition coefficient (Wildman–Crippen LogP) is 3.01. The summed E-state index contributed by atoms with van der Waals surface area (Å²) in [5, 5.41) is 35.7. The SMILES string of the molecule is COc1cccc(CNC(=O)Cc2ccc(C[C@@H](C)NC[C@@H](O)c3ccc(O)c(CO)c3)cc2)c1. The fraction of sp³-hybridized carbons (Fsp3) is 0.321. The Bertz CT molecular complexity index is 1100. The number of carbonyl (C=O) groups is 1. The van der Waals surface area contributed by atoms with Crippen LogP contribution < -0.4 is 15.4 Å². The highest BCUT2D eigenvalue weighted by molar-refractivity contribution is 5.78. The molecule has 186 valence electrons. The molecule has 7 heteroatoms.